The molecule has 1 N–H and O–H groups in total. The van der Waals surface area contributed by atoms with Gasteiger partial charge in [-0.05, 0) is 44.1 Å². The summed E-state index contributed by atoms with van der Waals surface area (Å²) in [4.78, 5) is 0. The van der Waals surface area contributed by atoms with Gasteiger partial charge in [-0.2, -0.15) is 0 Å². The molecule has 0 bridgehead atoms. The van der Waals surface area contributed by atoms with Crippen molar-refractivity contribution in [2.45, 2.75) is 79.2 Å². The molecule has 1 atom stereocenters. The minimum absolute atomic E-state index is 0.765. The van der Waals surface area contributed by atoms with Gasteiger partial charge in [0, 0.05) is 6.04 Å². The van der Waals surface area contributed by atoms with Crippen molar-refractivity contribution >= 4 is 0 Å². The number of hydrogen-bond donors (Lipinski definition) is 1. The Morgan fingerprint density at radius 2 is 1.44 bits per heavy atom. The van der Waals surface area contributed by atoms with Crippen molar-refractivity contribution < 1.29 is 0 Å². The summed E-state index contributed by atoms with van der Waals surface area (Å²) in [7, 11) is 0. The third-order valence-electron chi connectivity index (χ3n) is 3.11. The Morgan fingerprint density at radius 1 is 0.812 bits per heavy atom. The van der Waals surface area contributed by atoms with E-state index in [1.54, 1.807) is 0 Å². The van der Waals surface area contributed by atoms with Gasteiger partial charge in [-0.15, -0.1) is 0 Å². The third kappa shape index (κ3) is 10.5. The predicted molar refractivity (Wildman–Crippen MR) is 74.8 cm³/mol. The Hall–Kier alpha value is -0.0400. The molecule has 0 amide bonds. The molecule has 0 spiro atoms. The van der Waals surface area contributed by atoms with E-state index in [1.165, 1.54) is 45.1 Å². The average molecular weight is 227 g/mol. The maximum Gasteiger partial charge on any atom is 0.00671 e. The smallest absolute Gasteiger partial charge is 0.00671 e. The van der Waals surface area contributed by atoms with Crippen LogP contribution < -0.4 is 5.32 Å². The van der Waals surface area contributed by atoms with E-state index >= 15 is 0 Å². The summed E-state index contributed by atoms with van der Waals surface area (Å²) in [6.45, 7) is 12.7. The van der Waals surface area contributed by atoms with E-state index < -0.39 is 0 Å². The first-order chi connectivity index (χ1) is 7.56. The second-order valence-electron chi connectivity index (χ2n) is 5.95. The van der Waals surface area contributed by atoms with E-state index in [2.05, 4.69) is 39.9 Å². The summed E-state index contributed by atoms with van der Waals surface area (Å²) in [5.74, 6) is 1.70. The van der Waals surface area contributed by atoms with Gasteiger partial charge in [-0.3, -0.25) is 0 Å². The van der Waals surface area contributed by atoms with Crippen LogP contribution in [0.4, 0.5) is 0 Å². The number of hydrogen-bond acceptors (Lipinski definition) is 1. The molecule has 0 heterocycles. The van der Waals surface area contributed by atoms with Gasteiger partial charge < -0.3 is 5.32 Å². The van der Waals surface area contributed by atoms with Crippen LogP contribution in [-0.2, 0) is 0 Å². The minimum atomic E-state index is 0.765. The van der Waals surface area contributed by atoms with Crippen LogP contribution in [-0.4, -0.2) is 12.6 Å². The highest BCUT2D eigenvalue weighted by Gasteiger charge is 2.08. The van der Waals surface area contributed by atoms with E-state index in [9.17, 15) is 0 Å². The van der Waals surface area contributed by atoms with E-state index in [0.29, 0.717) is 0 Å². The van der Waals surface area contributed by atoms with Crippen molar-refractivity contribution in [2.75, 3.05) is 6.54 Å². The first-order valence-corrected chi connectivity index (χ1v) is 7.29. The Bertz CT molecular complexity index is 140. The lowest BCUT2D eigenvalue weighted by Gasteiger charge is -2.20. The molecule has 0 radical (unpaired) electrons. The van der Waals surface area contributed by atoms with E-state index in [1.807, 2.05) is 0 Å². The Labute approximate surface area is 103 Å². The molecular formula is C15H33N. The maximum absolute atomic E-state index is 3.70. The third-order valence-corrected chi connectivity index (χ3v) is 3.11. The SMILES string of the molecule is CCCNC(CCCC(C)C)CCC(C)C. The topological polar surface area (TPSA) is 12.0 Å². The van der Waals surface area contributed by atoms with Gasteiger partial charge in [-0.1, -0.05) is 47.5 Å². The maximum atomic E-state index is 3.70. The Kier molecular flexibility index (Phi) is 10.1. The van der Waals surface area contributed by atoms with Gasteiger partial charge >= 0.3 is 0 Å². The summed E-state index contributed by atoms with van der Waals surface area (Å²) >= 11 is 0. The molecule has 0 aromatic rings. The molecule has 0 saturated carbocycles. The Morgan fingerprint density at radius 3 is 1.94 bits per heavy atom. The molecule has 0 fully saturated rings. The number of nitrogens with one attached hydrogen (secondary N) is 1. The van der Waals surface area contributed by atoms with Gasteiger partial charge in [0.1, 0.15) is 0 Å². The van der Waals surface area contributed by atoms with Crippen LogP contribution in [0.5, 0.6) is 0 Å². The van der Waals surface area contributed by atoms with Crippen molar-refractivity contribution in [1.82, 2.24) is 5.32 Å². The molecule has 0 saturated heterocycles. The van der Waals surface area contributed by atoms with Gasteiger partial charge in [0.25, 0.3) is 0 Å². The fraction of sp³-hybridized carbons (Fsp3) is 1.00. The van der Waals surface area contributed by atoms with Crippen molar-refractivity contribution in [3.8, 4) is 0 Å². The Balaban J connectivity index is 3.71. The summed E-state index contributed by atoms with van der Waals surface area (Å²) in [5, 5.41) is 3.70. The summed E-state index contributed by atoms with van der Waals surface area (Å²) in [5.41, 5.74) is 0. The predicted octanol–water partition coefficient (Wildman–Crippen LogP) is 4.62. The lowest BCUT2D eigenvalue weighted by molar-refractivity contribution is 0.388. The quantitative estimate of drug-likeness (QED) is 0.574. The highest BCUT2D eigenvalue weighted by Crippen LogP contribution is 2.14. The molecule has 0 aromatic heterocycles. The monoisotopic (exact) mass is 227 g/mol. The van der Waals surface area contributed by atoms with Gasteiger partial charge in [0.05, 0.1) is 0 Å². The van der Waals surface area contributed by atoms with Crippen LogP contribution >= 0.6 is 0 Å². The van der Waals surface area contributed by atoms with Gasteiger partial charge in [0.2, 0.25) is 0 Å². The molecule has 0 aliphatic heterocycles. The molecule has 0 aliphatic carbocycles. The lowest BCUT2D eigenvalue weighted by atomic mass is 9.97. The van der Waals surface area contributed by atoms with Crippen LogP contribution in [0.3, 0.4) is 0 Å². The summed E-state index contributed by atoms with van der Waals surface area (Å²) in [6, 6.07) is 0.765. The van der Waals surface area contributed by atoms with E-state index in [0.717, 1.165) is 17.9 Å². The molecule has 1 unspecified atom stereocenters. The summed E-state index contributed by atoms with van der Waals surface area (Å²) < 4.78 is 0. The fourth-order valence-electron chi connectivity index (χ4n) is 2.00. The van der Waals surface area contributed by atoms with Crippen LogP contribution in [0.2, 0.25) is 0 Å². The number of rotatable bonds is 10. The van der Waals surface area contributed by atoms with Crippen molar-refractivity contribution in [2.24, 2.45) is 11.8 Å². The van der Waals surface area contributed by atoms with Gasteiger partial charge in [-0.25, -0.2) is 0 Å². The molecule has 0 aliphatic rings. The summed E-state index contributed by atoms with van der Waals surface area (Å²) in [6.07, 6.45) is 8.11. The molecular weight excluding hydrogens is 194 g/mol. The highest BCUT2D eigenvalue weighted by atomic mass is 14.9. The van der Waals surface area contributed by atoms with Crippen molar-refractivity contribution in [3.63, 3.8) is 0 Å². The zero-order valence-electron chi connectivity index (χ0n) is 12.2. The zero-order chi connectivity index (χ0) is 12.4. The second-order valence-corrected chi connectivity index (χ2v) is 5.95. The molecule has 98 valence electrons. The van der Waals surface area contributed by atoms with Crippen molar-refractivity contribution in [1.29, 1.82) is 0 Å². The van der Waals surface area contributed by atoms with Gasteiger partial charge in [0.15, 0.2) is 0 Å². The second kappa shape index (κ2) is 10.1. The normalized spacial score (nSPS) is 13.7. The minimum Gasteiger partial charge on any atom is -0.314 e. The lowest BCUT2D eigenvalue weighted by Crippen LogP contribution is -2.30. The average Bonchev–Trinajstić information content (AvgIpc) is 2.20. The first-order valence-electron chi connectivity index (χ1n) is 7.29. The highest BCUT2D eigenvalue weighted by molar-refractivity contribution is 4.68. The van der Waals surface area contributed by atoms with Crippen LogP contribution in [0.15, 0.2) is 0 Å². The largest absolute Gasteiger partial charge is 0.314 e. The van der Waals surface area contributed by atoms with Crippen molar-refractivity contribution in [3.05, 3.63) is 0 Å². The van der Waals surface area contributed by atoms with Crippen LogP contribution in [0.25, 0.3) is 0 Å². The van der Waals surface area contributed by atoms with Crippen LogP contribution in [0, 0.1) is 11.8 Å². The fourth-order valence-corrected chi connectivity index (χ4v) is 2.00. The first kappa shape index (κ1) is 16.0. The van der Waals surface area contributed by atoms with E-state index in [4.69, 9.17) is 0 Å². The molecule has 16 heavy (non-hydrogen) atoms. The molecule has 0 rings (SSSR count). The molecule has 1 nitrogen and oxygen atoms in total. The standard InChI is InChI=1S/C15H33N/c1-6-12-16-15(11-10-14(4)5)9-7-8-13(2)3/h13-16H,6-12H2,1-5H3. The molecule has 0 aromatic carbocycles. The van der Waals surface area contributed by atoms with E-state index in [-0.39, 0.29) is 0 Å². The zero-order valence-corrected chi connectivity index (χ0v) is 12.2. The molecule has 1 heteroatoms. The van der Waals surface area contributed by atoms with Crippen LogP contribution in [0.1, 0.15) is 73.1 Å².